The summed E-state index contributed by atoms with van der Waals surface area (Å²) in [5.74, 6) is -0.413. The molecule has 0 radical (unpaired) electrons. The summed E-state index contributed by atoms with van der Waals surface area (Å²) in [5, 5.41) is 0. The van der Waals surface area contributed by atoms with Gasteiger partial charge in [-0.15, -0.1) is 0 Å². The highest BCUT2D eigenvalue weighted by molar-refractivity contribution is 7.47. The first-order valence-electron chi connectivity index (χ1n) is 10.4. The van der Waals surface area contributed by atoms with Gasteiger partial charge in [-0.2, -0.15) is 0 Å². The molecule has 5 atom stereocenters. The fraction of sp³-hybridized carbons (Fsp3) is 0.750. The Labute approximate surface area is 186 Å². The molecule has 12 heteroatoms. The van der Waals surface area contributed by atoms with Crippen LogP contribution in [0.15, 0.2) is 15.8 Å². The fourth-order valence-electron chi connectivity index (χ4n) is 4.44. The van der Waals surface area contributed by atoms with E-state index in [0.29, 0.717) is 0 Å². The molecule has 11 nitrogen and oxygen atoms in total. The zero-order chi connectivity index (χ0) is 24.4. The Bertz CT molecular complexity index is 1080. The SMILES string of the molecule is Cc1cn([C@@H]2O[C@@]3(CC(C)(C)C)C(=O)N(C)C2[C@H]3OP(=O)(O)OC(C)(C)C)c(=O)[nH]c1=O. The summed E-state index contributed by atoms with van der Waals surface area (Å²) in [6, 6.07) is -0.906. The Kier molecular flexibility index (Phi) is 5.93. The van der Waals surface area contributed by atoms with Crippen LogP contribution in [0.1, 0.15) is 59.8 Å². The monoisotopic (exact) mass is 473 g/mol. The number of carbonyl (C=O) groups is 1. The Balaban J connectivity index is 2.13. The summed E-state index contributed by atoms with van der Waals surface area (Å²) in [7, 11) is -3.08. The molecule has 3 rings (SSSR count). The van der Waals surface area contributed by atoms with Crippen LogP contribution in [0.25, 0.3) is 0 Å². The molecule has 2 N–H and O–H groups in total. The molecule has 2 bridgehead atoms. The van der Waals surface area contributed by atoms with Crippen molar-refractivity contribution in [2.24, 2.45) is 5.41 Å². The third kappa shape index (κ3) is 4.49. The molecule has 32 heavy (non-hydrogen) atoms. The zero-order valence-electron chi connectivity index (χ0n) is 19.7. The fourth-order valence-corrected chi connectivity index (χ4v) is 5.76. The van der Waals surface area contributed by atoms with E-state index >= 15 is 0 Å². The highest BCUT2D eigenvalue weighted by atomic mass is 31.2. The van der Waals surface area contributed by atoms with Crippen LogP contribution in [-0.2, 0) is 23.1 Å². The summed E-state index contributed by atoms with van der Waals surface area (Å²) in [6.45, 7) is 12.0. The van der Waals surface area contributed by atoms with E-state index < -0.39 is 60.0 Å². The van der Waals surface area contributed by atoms with Gasteiger partial charge in [0.1, 0.15) is 12.1 Å². The lowest BCUT2D eigenvalue weighted by Crippen LogP contribution is -2.52. The van der Waals surface area contributed by atoms with E-state index in [0.717, 1.165) is 0 Å². The van der Waals surface area contributed by atoms with Crippen LogP contribution >= 0.6 is 7.82 Å². The van der Waals surface area contributed by atoms with Crippen molar-refractivity contribution in [3.05, 3.63) is 32.6 Å². The predicted octanol–water partition coefficient (Wildman–Crippen LogP) is 1.69. The van der Waals surface area contributed by atoms with Crippen LogP contribution in [0, 0.1) is 12.3 Å². The highest BCUT2D eigenvalue weighted by Gasteiger charge is 2.71. The Morgan fingerprint density at radius 3 is 2.34 bits per heavy atom. The molecule has 1 amide bonds. The number of likely N-dealkylation sites (tertiary alicyclic amines) is 1. The molecule has 3 heterocycles. The maximum absolute atomic E-state index is 13.3. The maximum Gasteiger partial charge on any atom is 0.473 e. The van der Waals surface area contributed by atoms with Gasteiger partial charge in [-0.1, -0.05) is 20.8 Å². The summed E-state index contributed by atoms with van der Waals surface area (Å²) in [5.41, 5.74) is -4.02. The number of phosphoric acid groups is 1. The molecule has 0 aromatic carbocycles. The second-order valence-electron chi connectivity index (χ2n) is 10.7. The van der Waals surface area contributed by atoms with Gasteiger partial charge in [-0.05, 0) is 39.5 Å². The highest BCUT2D eigenvalue weighted by Crippen LogP contribution is 2.58. The smallest absolute Gasteiger partial charge is 0.336 e. The standard InChI is InChI=1S/C20H32N3O8P/c1-11-9-23(17(26)21-14(11)24)15-12-13(30-32(27,28)31-19(5,6)7)20(29-15,10-18(2,3)4)16(25)22(12)8/h9,12-13,15H,10H2,1-8H3,(H,27,28)(H,21,24,26)/t12?,13-,15-,20-/m1/s1. The lowest BCUT2D eigenvalue weighted by Gasteiger charge is -2.38. The molecule has 2 fully saturated rings. The van der Waals surface area contributed by atoms with Gasteiger partial charge in [-0.25, -0.2) is 9.36 Å². The van der Waals surface area contributed by atoms with E-state index in [1.807, 2.05) is 20.8 Å². The summed E-state index contributed by atoms with van der Waals surface area (Å²) in [4.78, 5) is 51.7. The van der Waals surface area contributed by atoms with Crippen LogP contribution in [0.3, 0.4) is 0 Å². The lowest BCUT2D eigenvalue weighted by molar-refractivity contribution is -0.180. The van der Waals surface area contributed by atoms with Gasteiger partial charge in [0, 0.05) is 18.8 Å². The average Bonchev–Trinajstić information content (AvgIpc) is 2.94. The van der Waals surface area contributed by atoms with Crippen molar-refractivity contribution >= 4 is 13.7 Å². The van der Waals surface area contributed by atoms with Gasteiger partial charge in [0.05, 0.1) is 5.60 Å². The number of nitrogens with zero attached hydrogens (tertiary/aromatic N) is 2. The number of hydrogen-bond donors (Lipinski definition) is 2. The minimum atomic E-state index is -4.61. The van der Waals surface area contributed by atoms with E-state index in [2.05, 4.69) is 4.98 Å². The van der Waals surface area contributed by atoms with E-state index in [-0.39, 0.29) is 12.0 Å². The number of carbonyl (C=O) groups excluding carboxylic acids is 1. The van der Waals surface area contributed by atoms with E-state index in [4.69, 9.17) is 13.8 Å². The number of aromatic nitrogens is 2. The lowest BCUT2D eigenvalue weighted by atomic mass is 9.80. The topological polar surface area (TPSA) is 140 Å². The van der Waals surface area contributed by atoms with Crippen molar-refractivity contribution in [2.75, 3.05) is 7.05 Å². The van der Waals surface area contributed by atoms with Crippen LogP contribution in [0.5, 0.6) is 0 Å². The number of morpholine rings is 1. The number of nitrogens with one attached hydrogen (secondary N) is 1. The molecule has 1 aromatic rings. The third-order valence-electron chi connectivity index (χ3n) is 5.37. The van der Waals surface area contributed by atoms with Crippen molar-refractivity contribution in [3.8, 4) is 0 Å². The van der Waals surface area contributed by atoms with Gasteiger partial charge in [0.2, 0.25) is 0 Å². The molecule has 2 saturated heterocycles. The molecule has 2 aliphatic rings. The van der Waals surface area contributed by atoms with E-state index in [1.165, 1.54) is 29.6 Å². The third-order valence-corrected chi connectivity index (χ3v) is 6.64. The predicted molar refractivity (Wildman–Crippen MR) is 115 cm³/mol. The largest absolute Gasteiger partial charge is 0.473 e. The van der Waals surface area contributed by atoms with Crippen LogP contribution in [0.4, 0.5) is 0 Å². The first-order valence-corrected chi connectivity index (χ1v) is 11.9. The van der Waals surface area contributed by atoms with Crippen molar-refractivity contribution in [1.29, 1.82) is 0 Å². The second-order valence-corrected chi connectivity index (χ2v) is 12.0. The Morgan fingerprint density at radius 2 is 1.81 bits per heavy atom. The number of aromatic amines is 1. The number of aryl methyl sites for hydroxylation is 1. The summed E-state index contributed by atoms with van der Waals surface area (Å²) >= 11 is 0. The van der Waals surface area contributed by atoms with Crippen LogP contribution in [-0.4, -0.2) is 55.6 Å². The van der Waals surface area contributed by atoms with Crippen molar-refractivity contribution in [1.82, 2.24) is 14.5 Å². The van der Waals surface area contributed by atoms with Crippen molar-refractivity contribution < 1.29 is 28.0 Å². The summed E-state index contributed by atoms with van der Waals surface area (Å²) < 4.78 is 31.1. The number of fused-ring (bicyclic) bond motifs is 2. The molecule has 2 unspecified atom stereocenters. The van der Waals surface area contributed by atoms with Crippen LogP contribution in [0.2, 0.25) is 0 Å². The normalized spacial score (nSPS) is 30.1. The minimum absolute atomic E-state index is 0.160. The maximum atomic E-state index is 13.3. The van der Waals surface area contributed by atoms with Crippen molar-refractivity contribution in [2.45, 2.75) is 84.5 Å². The number of phosphoric ester groups is 1. The zero-order valence-corrected chi connectivity index (χ0v) is 20.6. The Hall–Kier alpha value is -1.78. The molecule has 0 spiro atoms. The minimum Gasteiger partial charge on any atom is -0.336 e. The molecular formula is C20H32N3O8P. The van der Waals surface area contributed by atoms with Gasteiger partial charge >= 0.3 is 13.5 Å². The second kappa shape index (κ2) is 7.63. The van der Waals surface area contributed by atoms with E-state index in [1.54, 1.807) is 20.8 Å². The quantitative estimate of drug-likeness (QED) is 0.616. The number of rotatable bonds is 5. The average molecular weight is 473 g/mol. The number of H-pyrrole nitrogens is 1. The van der Waals surface area contributed by atoms with Gasteiger partial charge < -0.3 is 14.5 Å². The van der Waals surface area contributed by atoms with Crippen molar-refractivity contribution in [3.63, 3.8) is 0 Å². The Morgan fingerprint density at radius 1 is 1.22 bits per heavy atom. The number of hydrogen-bond acceptors (Lipinski definition) is 7. The number of likely N-dealkylation sites (N-methyl/N-ethyl adjacent to an activating group) is 1. The first-order chi connectivity index (χ1) is 14.4. The molecule has 0 aliphatic carbocycles. The van der Waals surface area contributed by atoms with Gasteiger partial charge in [0.25, 0.3) is 11.5 Å². The van der Waals surface area contributed by atoms with E-state index in [9.17, 15) is 23.8 Å². The van der Waals surface area contributed by atoms with Crippen LogP contribution < -0.4 is 11.2 Å². The molecule has 1 aromatic heterocycles. The molecule has 180 valence electrons. The van der Waals surface area contributed by atoms with Gasteiger partial charge in [-0.3, -0.25) is 28.2 Å². The molecule has 2 aliphatic heterocycles. The molecule has 0 saturated carbocycles. The summed E-state index contributed by atoms with van der Waals surface area (Å²) in [6.07, 6.45) is -0.728. The first kappa shape index (κ1) is 24.9. The van der Waals surface area contributed by atoms with Gasteiger partial charge in [0.15, 0.2) is 11.8 Å². The molecular weight excluding hydrogens is 441 g/mol. The number of amides is 1. The number of ether oxygens (including phenoxy) is 1.